The van der Waals surface area contributed by atoms with Crippen LogP contribution in [-0.2, 0) is 17.8 Å². The Morgan fingerprint density at radius 3 is 3.15 bits per heavy atom. The van der Waals surface area contributed by atoms with Gasteiger partial charge in [-0.2, -0.15) is 5.10 Å². The Labute approximate surface area is 171 Å². The summed E-state index contributed by atoms with van der Waals surface area (Å²) in [7, 11) is 0. The third-order valence-corrected chi connectivity index (χ3v) is 6.95. The van der Waals surface area contributed by atoms with Gasteiger partial charge in [0, 0.05) is 37.4 Å². The van der Waals surface area contributed by atoms with Crippen LogP contribution in [0.3, 0.4) is 0 Å². The number of amides is 1. The van der Waals surface area contributed by atoms with Crippen molar-refractivity contribution < 1.29 is 4.79 Å². The fourth-order valence-electron chi connectivity index (χ4n) is 3.65. The Bertz CT molecular complexity index is 866. The largest absolute Gasteiger partial charge is 0.351 e. The summed E-state index contributed by atoms with van der Waals surface area (Å²) in [6.45, 7) is 1.32. The van der Waals surface area contributed by atoms with Gasteiger partial charge in [0.15, 0.2) is 0 Å². The first-order valence-electron chi connectivity index (χ1n) is 9.16. The highest BCUT2D eigenvalue weighted by Crippen LogP contribution is 2.47. The molecule has 0 saturated carbocycles. The first-order valence-corrected chi connectivity index (χ1v) is 10.8. The van der Waals surface area contributed by atoms with Crippen molar-refractivity contribution in [3.05, 3.63) is 51.4 Å². The average molecular weight is 448 g/mol. The van der Waals surface area contributed by atoms with Gasteiger partial charge in [-0.3, -0.25) is 14.5 Å². The molecule has 2 atom stereocenters. The van der Waals surface area contributed by atoms with Gasteiger partial charge in [0.1, 0.15) is 0 Å². The van der Waals surface area contributed by atoms with E-state index in [2.05, 4.69) is 36.0 Å². The lowest BCUT2D eigenvalue weighted by molar-refractivity contribution is -0.121. The van der Waals surface area contributed by atoms with Crippen LogP contribution in [0.5, 0.6) is 0 Å². The maximum absolute atomic E-state index is 12.9. The molecule has 2 aliphatic heterocycles. The zero-order valence-corrected chi connectivity index (χ0v) is 17.3. The van der Waals surface area contributed by atoms with Crippen LogP contribution in [0.2, 0.25) is 0 Å². The molecule has 2 aromatic heterocycles. The summed E-state index contributed by atoms with van der Waals surface area (Å²) in [5.41, 5.74) is 9.23. The molecule has 2 aromatic rings. The Balaban J connectivity index is 1.44. The normalized spacial score (nSPS) is 20.0. The number of hydrogen-bond donors (Lipinski definition) is 2. The quantitative estimate of drug-likeness (QED) is 0.735. The lowest BCUT2D eigenvalue weighted by Gasteiger charge is -2.19. The van der Waals surface area contributed by atoms with Crippen molar-refractivity contribution in [2.45, 2.75) is 43.5 Å². The zero-order chi connectivity index (χ0) is 18.8. The fraction of sp³-hybridized carbons (Fsp3) is 0.421. The molecule has 2 aliphatic rings. The number of nitrogens with zero attached hydrogens (tertiary/aromatic N) is 3. The van der Waals surface area contributed by atoms with Gasteiger partial charge in [-0.15, -0.1) is 11.8 Å². The minimum Gasteiger partial charge on any atom is -0.351 e. The Morgan fingerprint density at radius 1 is 1.48 bits per heavy atom. The number of rotatable bonds is 5. The monoisotopic (exact) mass is 447 g/mol. The first kappa shape index (κ1) is 18.7. The topological polar surface area (TPSA) is 85.8 Å². The molecule has 8 heteroatoms. The van der Waals surface area contributed by atoms with Crippen molar-refractivity contribution in [1.82, 2.24) is 20.1 Å². The summed E-state index contributed by atoms with van der Waals surface area (Å²) in [5, 5.41) is 7.48. The number of hydrogen-bond acceptors (Lipinski definition) is 5. The summed E-state index contributed by atoms with van der Waals surface area (Å²) >= 11 is 5.32. The van der Waals surface area contributed by atoms with Gasteiger partial charge >= 0.3 is 0 Å². The van der Waals surface area contributed by atoms with E-state index in [0.717, 1.165) is 41.7 Å². The van der Waals surface area contributed by atoms with E-state index in [1.54, 1.807) is 18.0 Å². The molecular formula is C19H22BrN5OS. The predicted octanol–water partition coefficient (Wildman–Crippen LogP) is 2.74. The van der Waals surface area contributed by atoms with Gasteiger partial charge in [-0.05, 0) is 57.8 Å². The number of allylic oxidation sites excluding steroid dienone is 2. The number of carbonyl (C=O) groups is 1. The standard InChI is InChI=1S/C19H22BrN5OS/c20-15-11-23-25-7-3-5-16-14(18(15)25)9-17(27-16)19(26)24-13(10-21)8-12-4-1-2-6-22-12/h1-2,4,6,11,13,17H,3,5,7-10,21H2,(H,24,26)/t13-,17?/m0/s1. The summed E-state index contributed by atoms with van der Waals surface area (Å²) in [5.74, 6) is 0.0571. The van der Waals surface area contributed by atoms with Crippen LogP contribution in [0.1, 0.15) is 30.7 Å². The molecule has 1 amide bonds. The minimum absolute atomic E-state index is 0.0571. The maximum atomic E-state index is 12.9. The van der Waals surface area contributed by atoms with E-state index in [1.165, 1.54) is 10.5 Å². The maximum Gasteiger partial charge on any atom is 0.234 e. The molecule has 4 rings (SSSR count). The lowest BCUT2D eigenvalue weighted by Crippen LogP contribution is -2.45. The number of thioether (sulfide) groups is 1. The van der Waals surface area contributed by atoms with E-state index in [0.29, 0.717) is 13.0 Å². The summed E-state index contributed by atoms with van der Waals surface area (Å²) in [6, 6.07) is 5.69. The summed E-state index contributed by atoms with van der Waals surface area (Å²) < 4.78 is 3.06. The molecule has 0 saturated heterocycles. The van der Waals surface area contributed by atoms with Crippen LogP contribution in [0.15, 0.2) is 40.0 Å². The third kappa shape index (κ3) is 3.97. The molecule has 27 heavy (non-hydrogen) atoms. The van der Waals surface area contributed by atoms with Crippen molar-refractivity contribution in [2.75, 3.05) is 6.54 Å². The highest BCUT2D eigenvalue weighted by Gasteiger charge is 2.35. The molecule has 0 fully saturated rings. The average Bonchev–Trinajstić information content (AvgIpc) is 3.21. The molecule has 3 N–H and O–H groups in total. The highest BCUT2D eigenvalue weighted by atomic mass is 79.9. The summed E-state index contributed by atoms with van der Waals surface area (Å²) in [4.78, 5) is 18.6. The van der Waals surface area contributed by atoms with Crippen LogP contribution in [0, 0.1) is 0 Å². The molecule has 1 unspecified atom stereocenters. The van der Waals surface area contributed by atoms with Crippen molar-refractivity contribution in [3.63, 3.8) is 0 Å². The van der Waals surface area contributed by atoms with Crippen molar-refractivity contribution in [1.29, 1.82) is 0 Å². The molecule has 0 radical (unpaired) electrons. The molecule has 4 heterocycles. The van der Waals surface area contributed by atoms with E-state index in [-0.39, 0.29) is 17.2 Å². The predicted molar refractivity (Wildman–Crippen MR) is 111 cm³/mol. The number of aryl methyl sites for hydroxylation is 1. The Morgan fingerprint density at radius 2 is 2.37 bits per heavy atom. The zero-order valence-electron chi connectivity index (χ0n) is 14.9. The fourth-order valence-corrected chi connectivity index (χ4v) is 5.54. The highest BCUT2D eigenvalue weighted by molar-refractivity contribution is 9.10. The van der Waals surface area contributed by atoms with E-state index in [4.69, 9.17) is 5.73 Å². The molecule has 0 aliphatic carbocycles. The molecule has 142 valence electrons. The first-order chi connectivity index (χ1) is 13.2. The number of aromatic nitrogens is 3. The number of halogens is 1. The molecule has 0 aromatic carbocycles. The van der Waals surface area contributed by atoms with Crippen LogP contribution >= 0.6 is 27.7 Å². The smallest absolute Gasteiger partial charge is 0.234 e. The molecular weight excluding hydrogens is 426 g/mol. The SMILES string of the molecule is NC[C@H](Cc1ccccn1)NC(=O)C1CC2=C(CCCn3ncc(Br)c32)S1. The third-order valence-electron chi connectivity index (χ3n) is 4.97. The second-order valence-electron chi connectivity index (χ2n) is 6.85. The number of nitrogens with one attached hydrogen (secondary N) is 1. The van der Waals surface area contributed by atoms with Gasteiger partial charge in [-0.1, -0.05) is 6.07 Å². The number of nitrogens with two attached hydrogens (primary N) is 1. The van der Waals surface area contributed by atoms with Crippen LogP contribution < -0.4 is 11.1 Å². The van der Waals surface area contributed by atoms with E-state index < -0.39 is 0 Å². The Kier molecular flexibility index (Phi) is 5.66. The Hall–Kier alpha value is -1.64. The van der Waals surface area contributed by atoms with Crippen LogP contribution in [0.25, 0.3) is 5.57 Å². The molecule has 0 bridgehead atoms. The van der Waals surface area contributed by atoms with E-state index in [9.17, 15) is 4.79 Å². The van der Waals surface area contributed by atoms with E-state index in [1.807, 2.05) is 24.4 Å². The molecule has 0 spiro atoms. The van der Waals surface area contributed by atoms with Gasteiger partial charge < -0.3 is 11.1 Å². The number of fused-ring (bicyclic) bond motifs is 2. The number of carbonyl (C=O) groups excluding carboxylic acids is 1. The second kappa shape index (κ2) is 8.16. The van der Waals surface area contributed by atoms with Crippen molar-refractivity contribution in [3.8, 4) is 0 Å². The van der Waals surface area contributed by atoms with Crippen molar-refractivity contribution in [2.24, 2.45) is 5.73 Å². The number of pyridine rings is 1. The van der Waals surface area contributed by atoms with Gasteiger partial charge in [0.2, 0.25) is 5.91 Å². The van der Waals surface area contributed by atoms with Gasteiger partial charge in [0.25, 0.3) is 0 Å². The molecule has 6 nitrogen and oxygen atoms in total. The van der Waals surface area contributed by atoms with Crippen molar-refractivity contribution >= 4 is 39.2 Å². The second-order valence-corrected chi connectivity index (χ2v) is 9.00. The minimum atomic E-state index is -0.110. The van der Waals surface area contributed by atoms with Crippen LogP contribution in [0.4, 0.5) is 0 Å². The summed E-state index contributed by atoms with van der Waals surface area (Å²) in [6.07, 6.45) is 7.04. The van der Waals surface area contributed by atoms with E-state index >= 15 is 0 Å². The van der Waals surface area contributed by atoms with Gasteiger partial charge in [0.05, 0.1) is 21.6 Å². The lowest BCUT2D eigenvalue weighted by atomic mass is 10.0. The van der Waals surface area contributed by atoms with Gasteiger partial charge in [-0.25, -0.2) is 0 Å². The van der Waals surface area contributed by atoms with Crippen LogP contribution in [-0.4, -0.2) is 38.5 Å².